The van der Waals surface area contributed by atoms with E-state index in [1.54, 1.807) is 0 Å². The van der Waals surface area contributed by atoms with Crippen molar-refractivity contribution in [1.29, 1.82) is 0 Å². The Morgan fingerprint density at radius 1 is 0.732 bits per heavy atom. The minimum Gasteiger partial charge on any atom is -0.478 e. The van der Waals surface area contributed by atoms with Gasteiger partial charge >= 0.3 is 11.9 Å². The Labute approximate surface area is 241 Å². The van der Waals surface area contributed by atoms with Crippen molar-refractivity contribution in [2.24, 2.45) is 5.92 Å². The first kappa shape index (κ1) is 28.6. The van der Waals surface area contributed by atoms with Crippen molar-refractivity contribution >= 4 is 17.8 Å². The normalized spacial score (nSPS) is 17.7. The van der Waals surface area contributed by atoms with E-state index in [-0.39, 0.29) is 28.4 Å². The highest BCUT2D eigenvalue weighted by molar-refractivity contribution is 5.96. The molecule has 0 aromatic heterocycles. The number of carboxylic acids is 2. The van der Waals surface area contributed by atoms with E-state index in [0.717, 1.165) is 70.4 Å². The third-order valence-electron chi connectivity index (χ3n) is 9.16. The van der Waals surface area contributed by atoms with E-state index in [1.165, 1.54) is 23.8 Å². The summed E-state index contributed by atoms with van der Waals surface area (Å²) in [5.41, 5.74) is 2.72. The fourth-order valence-corrected chi connectivity index (χ4v) is 6.66. The molecule has 2 heterocycles. The number of carbonyl (C=O) groups excluding carboxylic acids is 1. The Morgan fingerprint density at radius 2 is 1.29 bits per heavy atom. The van der Waals surface area contributed by atoms with E-state index in [2.05, 4.69) is 29.2 Å². The van der Waals surface area contributed by atoms with Gasteiger partial charge in [0.1, 0.15) is 0 Å². The molecule has 5 rings (SSSR count). The van der Waals surface area contributed by atoms with Gasteiger partial charge in [-0.2, -0.15) is 0 Å². The lowest BCUT2D eigenvalue weighted by atomic mass is 9.70. The Kier molecular flexibility index (Phi) is 8.84. The quantitative estimate of drug-likeness (QED) is 0.357. The maximum atomic E-state index is 13.1. The molecule has 214 valence electrons. The van der Waals surface area contributed by atoms with Gasteiger partial charge in [-0.1, -0.05) is 54.6 Å². The summed E-state index contributed by atoms with van der Waals surface area (Å²) in [5.74, 6) is -1.81. The Balaban J connectivity index is 1.21. The Bertz CT molecular complexity index is 1330. The number of carbonyl (C=O) groups is 3. The van der Waals surface area contributed by atoms with Crippen molar-refractivity contribution in [2.45, 2.75) is 43.9 Å². The van der Waals surface area contributed by atoms with Crippen LogP contribution in [0.2, 0.25) is 0 Å². The molecule has 41 heavy (non-hydrogen) atoms. The van der Waals surface area contributed by atoms with E-state index in [4.69, 9.17) is 0 Å². The van der Waals surface area contributed by atoms with Gasteiger partial charge < -0.3 is 20.0 Å². The van der Waals surface area contributed by atoms with Crippen LogP contribution in [0, 0.1) is 5.92 Å². The van der Waals surface area contributed by atoms with E-state index in [1.807, 2.05) is 41.3 Å². The van der Waals surface area contributed by atoms with Crippen LogP contribution in [-0.2, 0) is 11.8 Å². The van der Waals surface area contributed by atoms with Crippen LogP contribution in [0.1, 0.15) is 74.3 Å². The second-order valence-corrected chi connectivity index (χ2v) is 11.5. The van der Waals surface area contributed by atoms with E-state index >= 15 is 0 Å². The molecule has 7 heteroatoms. The van der Waals surface area contributed by atoms with Gasteiger partial charge in [0.05, 0.1) is 11.1 Å². The van der Waals surface area contributed by atoms with Gasteiger partial charge in [-0.3, -0.25) is 4.79 Å². The van der Waals surface area contributed by atoms with E-state index in [9.17, 15) is 24.6 Å². The second-order valence-electron chi connectivity index (χ2n) is 11.5. The first-order chi connectivity index (χ1) is 19.9. The van der Waals surface area contributed by atoms with Crippen LogP contribution in [0.3, 0.4) is 0 Å². The zero-order valence-electron chi connectivity index (χ0n) is 23.4. The Morgan fingerprint density at radius 3 is 1.85 bits per heavy atom. The highest BCUT2D eigenvalue weighted by Crippen LogP contribution is 2.39. The SMILES string of the molecule is O=C(O)c1cccc(C(=O)O)c1CC1CCN(CCC2(c3ccccc3)CCN(C(=O)c3ccccc3)CC2)CC1. The van der Waals surface area contributed by atoms with Crippen LogP contribution in [0.5, 0.6) is 0 Å². The van der Waals surface area contributed by atoms with Crippen LogP contribution in [-0.4, -0.2) is 70.6 Å². The number of nitrogens with zero attached hydrogens (tertiary/aromatic N) is 2. The third-order valence-corrected chi connectivity index (χ3v) is 9.16. The van der Waals surface area contributed by atoms with Crippen molar-refractivity contribution in [3.05, 3.63) is 107 Å². The molecule has 2 fully saturated rings. The molecule has 2 aliphatic heterocycles. The summed E-state index contributed by atoms with van der Waals surface area (Å²) in [4.78, 5) is 41.1. The van der Waals surface area contributed by atoms with Crippen LogP contribution < -0.4 is 0 Å². The van der Waals surface area contributed by atoms with E-state index in [0.29, 0.717) is 12.0 Å². The van der Waals surface area contributed by atoms with Crippen LogP contribution in [0.4, 0.5) is 0 Å². The molecule has 3 aromatic carbocycles. The predicted molar refractivity (Wildman–Crippen MR) is 158 cm³/mol. The van der Waals surface area contributed by atoms with Crippen molar-refractivity contribution in [2.75, 3.05) is 32.7 Å². The van der Waals surface area contributed by atoms with Gasteiger partial charge in [0, 0.05) is 18.7 Å². The molecule has 0 bridgehead atoms. The number of hydrogen-bond donors (Lipinski definition) is 2. The molecule has 2 saturated heterocycles. The molecule has 3 aromatic rings. The predicted octanol–water partition coefficient (Wildman–Crippen LogP) is 5.60. The number of rotatable bonds is 9. The number of benzene rings is 3. The summed E-state index contributed by atoms with van der Waals surface area (Å²) in [6, 6.07) is 24.7. The molecule has 2 aliphatic rings. The molecule has 0 radical (unpaired) electrons. The highest BCUT2D eigenvalue weighted by atomic mass is 16.4. The minimum absolute atomic E-state index is 0.0163. The van der Waals surface area contributed by atoms with Crippen molar-refractivity contribution < 1.29 is 24.6 Å². The molecule has 0 spiro atoms. The monoisotopic (exact) mass is 554 g/mol. The average Bonchev–Trinajstić information content (AvgIpc) is 3.01. The smallest absolute Gasteiger partial charge is 0.335 e. The molecular formula is C34H38N2O5. The minimum atomic E-state index is -1.08. The molecule has 1 amide bonds. The second kappa shape index (κ2) is 12.7. The number of carboxylic acid groups (broad SMARTS) is 2. The lowest BCUT2D eigenvalue weighted by Gasteiger charge is -2.44. The molecule has 0 aliphatic carbocycles. The van der Waals surface area contributed by atoms with Gasteiger partial charge in [-0.05, 0) is 105 Å². The van der Waals surface area contributed by atoms with Gasteiger partial charge in [-0.25, -0.2) is 9.59 Å². The lowest BCUT2D eigenvalue weighted by molar-refractivity contribution is 0.0641. The summed E-state index contributed by atoms with van der Waals surface area (Å²) >= 11 is 0. The van der Waals surface area contributed by atoms with Crippen molar-refractivity contribution in [1.82, 2.24) is 9.80 Å². The summed E-state index contributed by atoms with van der Waals surface area (Å²) in [7, 11) is 0. The van der Waals surface area contributed by atoms with Gasteiger partial charge in [-0.15, -0.1) is 0 Å². The number of amides is 1. The number of hydrogen-bond acceptors (Lipinski definition) is 4. The molecule has 0 unspecified atom stereocenters. The van der Waals surface area contributed by atoms with Crippen LogP contribution in [0.15, 0.2) is 78.9 Å². The zero-order chi connectivity index (χ0) is 28.8. The number of piperidine rings is 2. The fraction of sp³-hybridized carbons (Fsp3) is 0.382. The van der Waals surface area contributed by atoms with Gasteiger partial charge in [0.2, 0.25) is 0 Å². The molecular weight excluding hydrogens is 516 g/mol. The fourth-order valence-electron chi connectivity index (χ4n) is 6.66. The highest BCUT2D eigenvalue weighted by Gasteiger charge is 2.38. The summed E-state index contributed by atoms with van der Waals surface area (Å²) in [5, 5.41) is 19.3. The van der Waals surface area contributed by atoms with Crippen molar-refractivity contribution in [3.63, 3.8) is 0 Å². The summed E-state index contributed by atoms with van der Waals surface area (Å²) in [6.07, 6.45) is 5.15. The Hall–Kier alpha value is -3.97. The maximum Gasteiger partial charge on any atom is 0.335 e. The standard InChI is InChI=1S/C34H38N2O5/c37-31(26-8-3-1-4-9-26)36-22-17-34(18-23-36,27-10-5-2-6-11-27)16-21-35-19-14-25(15-20-35)24-30-28(32(38)39)12-7-13-29(30)33(40)41/h1-13,25H,14-24H2,(H,38,39)(H,40,41). The van der Waals surface area contributed by atoms with Crippen molar-refractivity contribution in [3.8, 4) is 0 Å². The van der Waals surface area contributed by atoms with Crippen LogP contribution >= 0.6 is 0 Å². The molecule has 7 nitrogen and oxygen atoms in total. The van der Waals surface area contributed by atoms with Gasteiger partial charge in [0.15, 0.2) is 0 Å². The third kappa shape index (κ3) is 6.51. The number of aromatic carboxylic acids is 2. The maximum absolute atomic E-state index is 13.1. The molecule has 0 atom stereocenters. The van der Waals surface area contributed by atoms with Crippen LogP contribution in [0.25, 0.3) is 0 Å². The van der Waals surface area contributed by atoms with Gasteiger partial charge in [0.25, 0.3) is 5.91 Å². The first-order valence-electron chi connectivity index (χ1n) is 14.6. The van der Waals surface area contributed by atoms with E-state index < -0.39 is 11.9 Å². The topological polar surface area (TPSA) is 98.1 Å². The molecule has 0 saturated carbocycles. The first-order valence-corrected chi connectivity index (χ1v) is 14.6. The summed E-state index contributed by atoms with van der Waals surface area (Å²) in [6.45, 7) is 4.25. The summed E-state index contributed by atoms with van der Waals surface area (Å²) < 4.78 is 0. The average molecular weight is 555 g/mol. The lowest BCUT2D eigenvalue weighted by Crippen LogP contribution is -2.47. The largest absolute Gasteiger partial charge is 0.478 e. The number of likely N-dealkylation sites (tertiary alicyclic amines) is 2. The molecule has 2 N–H and O–H groups in total. The zero-order valence-corrected chi connectivity index (χ0v) is 23.4.